The zero-order valence-corrected chi connectivity index (χ0v) is 43.9. The van der Waals surface area contributed by atoms with Crippen LogP contribution in [0.1, 0.15) is 118 Å². The van der Waals surface area contributed by atoms with Gasteiger partial charge in [0.05, 0.1) is 26.4 Å². The summed E-state index contributed by atoms with van der Waals surface area (Å²) in [5.41, 5.74) is 7.82. The van der Waals surface area contributed by atoms with Gasteiger partial charge in [0.25, 0.3) is 5.91 Å². The minimum absolute atomic E-state index is 0.239. The normalized spacial score (nSPS) is 19.3. The lowest BCUT2D eigenvalue weighted by atomic mass is 9.99. The van der Waals surface area contributed by atoms with E-state index >= 15 is 0 Å². The smallest absolute Gasteiger partial charge is 0.298 e. The molecule has 0 bridgehead atoms. The average Bonchev–Trinajstić information content (AvgIpc) is 3.99. The van der Waals surface area contributed by atoms with Gasteiger partial charge in [-0.25, -0.2) is 29.1 Å². The molecule has 69 heavy (non-hydrogen) atoms. The number of benzene rings is 4. The van der Waals surface area contributed by atoms with Crippen LogP contribution in [0, 0.1) is 21.7 Å². The lowest BCUT2D eigenvalue weighted by Crippen LogP contribution is -2.75. The molecule has 6 aliphatic heterocycles. The minimum atomic E-state index is -0.849. The second kappa shape index (κ2) is 18.6. The number of aliphatic imine (C=N–C) groups is 2. The Morgan fingerprint density at radius 1 is 0.420 bits per heavy atom. The first-order valence-electron chi connectivity index (χ1n) is 24.2. The van der Waals surface area contributed by atoms with E-state index in [1.54, 1.807) is 28.4 Å². The fraction of sp³-hybridized carbons (Fsp3) is 0.474. The van der Waals surface area contributed by atoms with E-state index in [9.17, 15) is 0 Å². The third kappa shape index (κ3) is 9.05. The molecule has 12 nitrogen and oxygen atoms in total. The molecule has 6 aliphatic rings. The largest absolute Gasteiger partial charge is 0.384 e. The van der Waals surface area contributed by atoms with E-state index in [2.05, 4.69) is 199 Å². The van der Waals surface area contributed by atoms with Crippen LogP contribution in [0.5, 0.6) is 0 Å². The molecule has 0 aliphatic carbocycles. The van der Waals surface area contributed by atoms with Crippen molar-refractivity contribution >= 4 is 44.9 Å². The van der Waals surface area contributed by atoms with E-state index in [4.69, 9.17) is 38.9 Å². The molecule has 0 N–H and O–H groups in total. The summed E-state index contributed by atoms with van der Waals surface area (Å²) in [6.07, 6.45) is -0.478. The summed E-state index contributed by atoms with van der Waals surface area (Å²) in [4.78, 5) is 26.8. The molecular weight excluding hydrogens is 861 g/mol. The molecule has 12 rings (SSSR count). The lowest BCUT2D eigenvalue weighted by molar-refractivity contribution is -0.130. The maximum absolute atomic E-state index is 5.51. The first-order chi connectivity index (χ1) is 32.6. The van der Waals surface area contributed by atoms with Crippen molar-refractivity contribution in [1.82, 2.24) is 18.9 Å². The van der Waals surface area contributed by atoms with Gasteiger partial charge in [0, 0.05) is 72.2 Å². The molecule has 366 valence electrons. The maximum Gasteiger partial charge on any atom is 0.298 e. The standard InChI is InChI=1S/C33H18N8.4C6H14O/c1-2-10-18-17(9-1)25-34-27-19-11-3-4-12-20(19)29-36-31-23-15-7-8-16-24(23)32-37-30-22-14-6-5-13-21(22)28-35-26(18)38(25)33(39(27)29,40(28)30)41(31)32;4*1-6(2,3)5-7-4/h1-16,25,31H;4*5H2,1-4H3. The van der Waals surface area contributed by atoms with Crippen molar-refractivity contribution in [3.63, 3.8) is 0 Å². The van der Waals surface area contributed by atoms with Gasteiger partial charge in [-0.15, -0.1) is 0 Å². The van der Waals surface area contributed by atoms with Gasteiger partial charge in [-0.1, -0.05) is 180 Å². The molecule has 0 fully saturated rings. The molecule has 2 atom stereocenters. The second-order valence-corrected chi connectivity index (χ2v) is 23.4. The Hall–Kier alpha value is -5.66. The summed E-state index contributed by atoms with van der Waals surface area (Å²) >= 11 is 0. The van der Waals surface area contributed by atoms with Crippen LogP contribution in [-0.4, -0.2) is 85.5 Å². The Morgan fingerprint density at radius 2 is 0.725 bits per heavy atom. The number of methoxy groups -OCH3 is 4. The van der Waals surface area contributed by atoms with Gasteiger partial charge < -0.3 is 18.9 Å². The number of fused-ring (bicyclic) bond motifs is 12. The number of rotatable bonds is 4. The van der Waals surface area contributed by atoms with Crippen LogP contribution in [0.15, 0.2) is 117 Å². The number of ether oxygens (including phenoxy) is 4. The predicted octanol–water partition coefficient (Wildman–Crippen LogP) is 11.5. The van der Waals surface area contributed by atoms with Crippen molar-refractivity contribution in [2.45, 2.75) is 101 Å². The van der Waals surface area contributed by atoms with E-state index in [-0.39, 0.29) is 12.3 Å². The van der Waals surface area contributed by atoms with Crippen molar-refractivity contribution < 1.29 is 18.9 Å². The zero-order valence-electron chi connectivity index (χ0n) is 43.9. The van der Waals surface area contributed by atoms with Crippen LogP contribution < -0.4 is 11.0 Å². The van der Waals surface area contributed by atoms with E-state index in [0.29, 0.717) is 21.7 Å². The van der Waals surface area contributed by atoms with Crippen LogP contribution in [0.4, 0.5) is 11.6 Å². The van der Waals surface area contributed by atoms with E-state index in [1.165, 1.54) is 11.1 Å². The Kier molecular flexibility index (Phi) is 13.4. The SMILES string of the molecule is COCC(C)(C)C.COCC(C)(C)C.COCC(C)(C)C.COCC(C)(C)C.c1ccc2c(c1)C1=Nc3c4ccccc4c4n3C35N1C2N=c1c2ccccc2c(n13)=NC1c2ccccc2C(=N4)N15. The maximum atomic E-state index is 5.51. The van der Waals surface area contributed by atoms with Gasteiger partial charge in [0.2, 0.25) is 0 Å². The predicted molar refractivity (Wildman–Crippen MR) is 279 cm³/mol. The van der Waals surface area contributed by atoms with Gasteiger partial charge >= 0.3 is 0 Å². The summed E-state index contributed by atoms with van der Waals surface area (Å²) < 4.78 is 24.4. The highest BCUT2D eigenvalue weighted by atomic mass is 16.5. The van der Waals surface area contributed by atoms with Crippen molar-refractivity contribution in [3.05, 3.63) is 130 Å². The molecule has 0 amide bonds. The molecule has 12 heteroatoms. The quantitative estimate of drug-likeness (QED) is 0.174. The fourth-order valence-corrected chi connectivity index (χ4v) is 10.00. The monoisotopic (exact) mass is 935 g/mol. The topological polar surface area (TPSA) is 103 Å². The van der Waals surface area contributed by atoms with Gasteiger partial charge in [0.1, 0.15) is 34.3 Å². The number of amidine groups is 2. The summed E-state index contributed by atoms with van der Waals surface area (Å²) in [5.74, 6) is 2.90. The molecule has 0 saturated carbocycles. The molecule has 0 saturated heterocycles. The average molecular weight is 935 g/mol. The second-order valence-electron chi connectivity index (χ2n) is 23.4. The molecule has 0 radical (unpaired) electrons. The summed E-state index contributed by atoms with van der Waals surface area (Å²) in [6, 6.07) is 34.4. The van der Waals surface area contributed by atoms with E-state index in [0.717, 1.165) is 93.4 Å². The first-order valence-corrected chi connectivity index (χ1v) is 24.2. The molecule has 6 aromatic rings. The van der Waals surface area contributed by atoms with Gasteiger partial charge in [-0.2, -0.15) is 0 Å². The van der Waals surface area contributed by atoms with Crippen LogP contribution in [0.25, 0.3) is 21.5 Å². The number of hydrogen-bond donors (Lipinski definition) is 0. The van der Waals surface area contributed by atoms with Crippen LogP contribution in [0.3, 0.4) is 0 Å². The third-order valence-electron chi connectivity index (χ3n) is 12.0. The van der Waals surface area contributed by atoms with Gasteiger partial charge in [-0.05, 0) is 21.7 Å². The van der Waals surface area contributed by atoms with Crippen LogP contribution >= 0.6 is 0 Å². The number of aromatic nitrogens is 2. The molecular formula is C57H74N8O4. The number of hydrogen-bond acceptors (Lipinski definition) is 10. The van der Waals surface area contributed by atoms with Crippen molar-refractivity contribution in [2.24, 2.45) is 41.6 Å². The van der Waals surface area contributed by atoms with Gasteiger partial charge in [0.15, 0.2) is 12.3 Å². The van der Waals surface area contributed by atoms with Crippen molar-refractivity contribution in [2.75, 3.05) is 54.9 Å². The van der Waals surface area contributed by atoms with Crippen molar-refractivity contribution in [1.29, 1.82) is 0 Å². The lowest BCUT2D eigenvalue weighted by Gasteiger charge is -2.58. The van der Waals surface area contributed by atoms with Gasteiger partial charge in [-0.3, -0.25) is 9.80 Å². The van der Waals surface area contributed by atoms with E-state index < -0.39 is 5.91 Å². The zero-order chi connectivity index (χ0) is 49.8. The first kappa shape index (κ1) is 49.8. The summed E-state index contributed by atoms with van der Waals surface area (Å²) in [6.45, 7) is 29.2. The summed E-state index contributed by atoms with van der Waals surface area (Å²) in [5, 5.41) is 4.44. The molecule has 2 unspecified atom stereocenters. The minimum Gasteiger partial charge on any atom is -0.384 e. The Bertz CT molecular complexity index is 2820. The fourth-order valence-electron chi connectivity index (χ4n) is 10.00. The summed E-state index contributed by atoms with van der Waals surface area (Å²) in [7, 11) is 6.91. The highest BCUT2D eigenvalue weighted by Crippen LogP contribution is 2.60. The molecule has 4 aromatic carbocycles. The molecule has 2 aromatic heterocycles. The number of nitrogens with zero attached hydrogens (tertiary/aromatic N) is 8. The van der Waals surface area contributed by atoms with Crippen molar-refractivity contribution in [3.8, 4) is 0 Å². The third-order valence-corrected chi connectivity index (χ3v) is 12.0. The van der Waals surface area contributed by atoms with Crippen LogP contribution in [0.2, 0.25) is 0 Å². The molecule has 1 spiro atoms. The highest BCUT2D eigenvalue weighted by Gasteiger charge is 2.67. The molecule has 8 heterocycles. The Labute approximate surface area is 409 Å². The Balaban J connectivity index is 0.000000190. The highest BCUT2D eigenvalue weighted by molar-refractivity contribution is 6.14. The van der Waals surface area contributed by atoms with Crippen LogP contribution in [-0.2, 0) is 24.9 Å². The van der Waals surface area contributed by atoms with E-state index in [1.807, 2.05) is 0 Å². The Morgan fingerprint density at radius 3 is 1.03 bits per heavy atom.